The lowest BCUT2D eigenvalue weighted by atomic mass is 10.3. The number of aromatic nitrogens is 3. The Hall–Kier alpha value is -3.47. The molecule has 2 bridgehead atoms. The number of pyridine rings is 1. The van der Waals surface area contributed by atoms with Crippen LogP contribution in [0.2, 0.25) is 0 Å². The van der Waals surface area contributed by atoms with Crippen molar-refractivity contribution in [2.75, 3.05) is 38.1 Å². The first-order chi connectivity index (χ1) is 12.9. The van der Waals surface area contributed by atoms with Crippen molar-refractivity contribution < 1.29 is 13.7 Å². The minimum absolute atomic E-state index is 0.130. The summed E-state index contributed by atoms with van der Waals surface area (Å²) < 4.78 is 11.1. The summed E-state index contributed by atoms with van der Waals surface area (Å²) in [5.74, 6) is -0.412. The van der Waals surface area contributed by atoms with Crippen molar-refractivity contribution in [1.82, 2.24) is 19.7 Å². The molecule has 0 saturated carbocycles. The molecule has 1 saturated heterocycles. The molecule has 4 heterocycles. The van der Waals surface area contributed by atoms with Gasteiger partial charge < -0.3 is 24.5 Å². The van der Waals surface area contributed by atoms with Crippen LogP contribution in [0.1, 0.15) is 10.4 Å². The number of piperazine rings is 1. The number of likely N-dealkylation sites (N-methyl/N-ethyl adjacent to an activating group) is 1. The predicted molar refractivity (Wildman–Crippen MR) is 94.6 cm³/mol. The van der Waals surface area contributed by atoms with Gasteiger partial charge in [0.25, 0.3) is 11.6 Å². The Morgan fingerprint density at radius 3 is 2.63 bits per heavy atom. The number of primary amides is 1. The van der Waals surface area contributed by atoms with Gasteiger partial charge in [0.05, 0.1) is 5.39 Å². The van der Waals surface area contributed by atoms with Gasteiger partial charge in [-0.3, -0.25) is 4.79 Å². The number of anilines is 1. The van der Waals surface area contributed by atoms with Crippen molar-refractivity contribution in [2.24, 2.45) is 5.73 Å². The van der Waals surface area contributed by atoms with Crippen LogP contribution in [-0.2, 0) is 0 Å². The smallest absolute Gasteiger partial charge is 0.359 e. The zero-order chi connectivity index (χ0) is 19.1. The average molecular weight is 372 g/mol. The Morgan fingerprint density at radius 2 is 1.93 bits per heavy atom. The first-order valence-electron chi connectivity index (χ1n) is 8.21. The van der Waals surface area contributed by atoms with Gasteiger partial charge in [-0.2, -0.15) is 0 Å². The molecule has 11 nitrogen and oxygen atoms in total. The summed E-state index contributed by atoms with van der Waals surface area (Å²) in [6.07, 6.45) is 0. The summed E-state index contributed by atoms with van der Waals surface area (Å²) in [6.45, 7) is 3.40. The van der Waals surface area contributed by atoms with Crippen LogP contribution in [0, 0.1) is 0 Å². The largest absolute Gasteiger partial charge is 0.401 e. The molecule has 0 aliphatic carbocycles. The van der Waals surface area contributed by atoms with Gasteiger partial charge in [-0.25, -0.2) is 14.6 Å². The summed E-state index contributed by atoms with van der Waals surface area (Å²) >= 11 is 0. The Morgan fingerprint density at radius 1 is 1.19 bits per heavy atom. The minimum atomic E-state index is -1.10. The lowest BCUT2D eigenvalue weighted by molar-refractivity contribution is 0.0996. The quantitative estimate of drug-likeness (QED) is 0.612. The molecule has 0 atom stereocenters. The first-order valence-corrected chi connectivity index (χ1v) is 8.21. The first kappa shape index (κ1) is 17.0. The van der Waals surface area contributed by atoms with Crippen LogP contribution in [0.15, 0.2) is 36.7 Å². The third kappa shape index (κ3) is 3.08. The molecule has 140 valence electrons. The van der Waals surface area contributed by atoms with E-state index in [0.29, 0.717) is 17.3 Å². The molecule has 3 aromatic rings. The van der Waals surface area contributed by atoms with Gasteiger partial charge >= 0.3 is 11.3 Å². The molecule has 0 spiro atoms. The molecule has 2 N–H and O–H groups in total. The van der Waals surface area contributed by atoms with Crippen molar-refractivity contribution in [3.63, 3.8) is 0 Å². The Labute approximate surface area is 151 Å². The molecule has 1 amide bonds. The second kappa shape index (κ2) is 6.36. The Bertz CT molecular complexity index is 1190. The van der Waals surface area contributed by atoms with Crippen LogP contribution in [0.3, 0.4) is 0 Å². The fraction of sp³-hybridized carbons (Fsp3) is 0.312. The molecular weight excluding hydrogens is 356 g/mol. The highest BCUT2D eigenvalue weighted by atomic mass is 16.5. The van der Waals surface area contributed by atoms with Gasteiger partial charge in [-0.15, -0.1) is 0 Å². The Kier molecular flexibility index (Phi) is 4.00. The number of fused-ring (bicyclic) bond motifs is 5. The topological polar surface area (TPSA) is 140 Å². The van der Waals surface area contributed by atoms with Crippen LogP contribution >= 0.6 is 0 Å². The van der Waals surface area contributed by atoms with E-state index < -0.39 is 22.7 Å². The SMILES string of the molecule is CN1CCN(c2ccc3c4nn(oc(=O)cc(C(N)=O)c(=O)o4)c3n2)CC1. The van der Waals surface area contributed by atoms with Crippen molar-refractivity contribution in [3.05, 3.63) is 44.6 Å². The van der Waals surface area contributed by atoms with Crippen molar-refractivity contribution in [3.8, 4) is 0 Å². The summed E-state index contributed by atoms with van der Waals surface area (Å²) in [5.41, 5.74) is 2.49. The normalized spacial score (nSPS) is 15.4. The number of carbonyl (C=O) groups excluding carboxylic acids is 1. The number of nitrogens with two attached hydrogens (primary N) is 1. The van der Waals surface area contributed by atoms with E-state index >= 15 is 0 Å². The number of amides is 1. The van der Waals surface area contributed by atoms with Crippen LogP contribution in [0.5, 0.6) is 0 Å². The number of hydrogen-bond donors (Lipinski definition) is 1. The second-order valence-electron chi connectivity index (χ2n) is 6.23. The van der Waals surface area contributed by atoms with E-state index in [-0.39, 0.29) is 11.4 Å². The highest BCUT2D eigenvalue weighted by Crippen LogP contribution is 2.21. The van der Waals surface area contributed by atoms with Crippen LogP contribution < -0.4 is 21.9 Å². The van der Waals surface area contributed by atoms with Gasteiger partial charge in [-0.1, -0.05) is 9.79 Å². The van der Waals surface area contributed by atoms with E-state index in [1.165, 1.54) is 0 Å². The molecule has 3 aromatic heterocycles. The van der Waals surface area contributed by atoms with E-state index in [4.69, 9.17) is 14.7 Å². The van der Waals surface area contributed by atoms with Gasteiger partial charge in [0.15, 0.2) is 0 Å². The van der Waals surface area contributed by atoms with Crippen LogP contribution in [0.4, 0.5) is 5.82 Å². The van der Waals surface area contributed by atoms with E-state index in [1.54, 1.807) is 12.1 Å². The summed E-state index contributed by atoms with van der Waals surface area (Å²) in [4.78, 5) is 44.3. The fourth-order valence-electron chi connectivity index (χ4n) is 2.89. The summed E-state index contributed by atoms with van der Waals surface area (Å²) in [6, 6.07) is 4.12. The molecular formula is C16H16N6O5. The maximum Gasteiger partial charge on any atom is 0.359 e. The minimum Gasteiger partial charge on any atom is -0.401 e. The van der Waals surface area contributed by atoms with Crippen molar-refractivity contribution >= 4 is 28.5 Å². The number of rotatable bonds is 2. The number of nitrogens with zero attached hydrogens (tertiary/aromatic N) is 5. The van der Waals surface area contributed by atoms with E-state index in [2.05, 4.69) is 26.9 Å². The third-order valence-electron chi connectivity index (χ3n) is 4.39. The fourth-order valence-corrected chi connectivity index (χ4v) is 2.89. The second-order valence-corrected chi connectivity index (χ2v) is 6.23. The molecule has 0 aromatic carbocycles. The molecule has 0 unspecified atom stereocenters. The molecule has 1 fully saturated rings. The highest BCUT2D eigenvalue weighted by Gasteiger charge is 2.18. The highest BCUT2D eigenvalue weighted by molar-refractivity contribution is 5.92. The maximum absolute atomic E-state index is 12.1. The molecule has 1 aliphatic heterocycles. The molecule has 11 heteroatoms. The Balaban J connectivity index is 1.94. The van der Waals surface area contributed by atoms with E-state index in [0.717, 1.165) is 30.9 Å². The molecule has 27 heavy (non-hydrogen) atoms. The van der Waals surface area contributed by atoms with Gasteiger partial charge in [0, 0.05) is 32.2 Å². The molecule has 1 aliphatic rings. The van der Waals surface area contributed by atoms with Crippen LogP contribution in [-0.4, -0.2) is 58.8 Å². The average Bonchev–Trinajstić information content (AvgIpc) is 2.98. The zero-order valence-electron chi connectivity index (χ0n) is 14.4. The third-order valence-corrected chi connectivity index (χ3v) is 4.39. The number of hydrogen-bond acceptors (Lipinski definition) is 9. The van der Waals surface area contributed by atoms with E-state index in [1.807, 2.05) is 0 Å². The number of carbonyl (C=O) groups is 1. The lowest BCUT2D eigenvalue weighted by Crippen LogP contribution is -2.44. The standard InChI is InChI=1S/C16H16N6O5/c1-20-4-6-21(7-5-20)11-3-2-9-14(18-11)22-19-15(9)26-16(25)10(13(17)24)8-12(23)27-22/h2-3,8H,4-7H2,1H3,(H2,17,24). The van der Waals surface area contributed by atoms with Crippen LogP contribution in [0.25, 0.3) is 16.7 Å². The van der Waals surface area contributed by atoms with Crippen molar-refractivity contribution in [2.45, 2.75) is 0 Å². The lowest BCUT2D eigenvalue weighted by Gasteiger charge is -2.33. The monoisotopic (exact) mass is 372 g/mol. The van der Waals surface area contributed by atoms with Crippen molar-refractivity contribution in [1.29, 1.82) is 0 Å². The predicted octanol–water partition coefficient (Wildman–Crippen LogP) is -0.798. The van der Waals surface area contributed by atoms with Gasteiger partial charge in [0.2, 0.25) is 5.65 Å². The van der Waals surface area contributed by atoms with Gasteiger partial charge in [0.1, 0.15) is 11.4 Å². The van der Waals surface area contributed by atoms with Gasteiger partial charge in [-0.05, 0) is 19.2 Å². The van der Waals surface area contributed by atoms with E-state index in [9.17, 15) is 14.4 Å². The summed E-state index contributed by atoms with van der Waals surface area (Å²) in [5, 5.41) is 4.32. The maximum atomic E-state index is 12.1. The molecule has 0 radical (unpaired) electrons. The molecule has 4 rings (SSSR count). The summed E-state index contributed by atoms with van der Waals surface area (Å²) in [7, 11) is 2.05. The zero-order valence-corrected chi connectivity index (χ0v) is 14.4.